The zero-order chi connectivity index (χ0) is 11.5. The van der Waals surface area contributed by atoms with E-state index in [1.54, 1.807) is 0 Å². The Labute approximate surface area is 97.7 Å². The molecule has 0 amide bonds. The van der Waals surface area contributed by atoms with Crippen LogP contribution in [0.3, 0.4) is 0 Å². The van der Waals surface area contributed by atoms with Gasteiger partial charge in [-0.2, -0.15) is 0 Å². The molecule has 1 N–H and O–H groups in total. The molecule has 0 unspecified atom stereocenters. The molecule has 1 aliphatic carbocycles. The predicted octanol–water partition coefficient (Wildman–Crippen LogP) is 2.55. The Balaban J connectivity index is 2.08. The summed E-state index contributed by atoms with van der Waals surface area (Å²) in [7, 11) is 0. The maximum absolute atomic E-state index is 4.65. The van der Waals surface area contributed by atoms with Crippen molar-refractivity contribution in [3.8, 4) is 0 Å². The van der Waals surface area contributed by atoms with E-state index in [0.29, 0.717) is 12.0 Å². The molecule has 1 aromatic rings. The molecule has 0 atom stereocenters. The third kappa shape index (κ3) is 2.79. The molecule has 0 spiro atoms. The van der Waals surface area contributed by atoms with Crippen LogP contribution in [-0.4, -0.2) is 16.0 Å². The first-order valence-corrected chi connectivity index (χ1v) is 6.23. The van der Waals surface area contributed by atoms with Crippen molar-refractivity contribution in [2.24, 2.45) is 0 Å². The van der Waals surface area contributed by atoms with Crippen LogP contribution in [0, 0.1) is 6.92 Å². The molecule has 1 aliphatic rings. The molecule has 1 heterocycles. The molecular formula is C13H21N3. The van der Waals surface area contributed by atoms with Crippen molar-refractivity contribution < 1.29 is 0 Å². The molecule has 3 nitrogen and oxygen atoms in total. The second-order valence-electron chi connectivity index (χ2n) is 5.02. The normalized spacial score (nSPS) is 16.5. The van der Waals surface area contributed by atoms with Crippen LogP contribution in [0.4, 0.5) is 0 Å². The van der Waals surface area contributed by atoms with Gasteiger partial charge in [-0.1, -0.05) is 20.3 Å². The van der Waals surface area contributed by atoms with Gasteiger partial charge in [0.25, 0.3) is 0 Å². The molecule has 1 aromatic heterocycles. The summed E-state index contributed by atoms with van der Waals surface area (Å²) in [5.74, 6) is 1.68. The summed E-state index contributed by atoms with van der Waals surface area (Å²) in [6.45, 7) is 7.21. The zero-order valence-corrected chi connectivity index (χ0v) is 10.5. The largest absolute Gasteiger partial charge is 0.309 e. The van der Waals surface area contributed by atoms with Gasteiger partial charge in [0.1, 0.15) is 5.82 Å². The molecule has 88 valence electrons. The Morgan fingerprint density at radius 3 is 2.69 bits per heavy atom. The highest BCUT2D eigenvalue weighted by atomic mass is 15.0. The average Bonchev–Trinajstić information content (AvgIpc) is 2.11. The van der Waals surface area contributed by atoms with Crippen LogP contribution >= 0.6 is 0 Å². The van der Waals surface area contributed by atoms with E-state index in [4.69, 9.17) is 0 Å². The number of nitrogens with one attached hydrogen (secondary N) is 1. The maximum Gasteiger partial charge on any atom is 0.131 e. The van der Waals surface area contributed by atoms with Gasteiger partial charge >= 0.3 is 0 Å². The first-order chi connectivity index (χ1) is 7.65. The van der Waals surface area contributed by atoms with E-state index in [1.807, 2.05) is 0 Å². The molecule has 0 aliphatic heterocycles. The predicted molar refractivity (Wildman–Crippen MR) is 65.3 cm³/mol. The third-order valence-corrected chi connectivity index (χ3v) is 3.09. The highest BCUT2D eigenvalue weighted by Gasteiger charge is 2.22. The van der Waals surface area contributed by atoms with Crippen molar-refractivity contribution in [3.63, 3.8) is 0 Å². The maximum atomic E-state index is 4.65. The molecule has 1 fully saturated rings. The molecule has 2 rings (SSSR count). The minimum Gasteiger partial charge on any atom is -0.309 e. The van der Waals surface area contributed by atoms with E-state index >= 15 is 0 Å². The Morgan fingerprint density at radius 2 is 2.12 bits per heavy atom. The van der Waals surface area contributed by atoms with E-state index in [1.165, 1.54) is 19.3 Å². The van der Waals surface area contributed by atoms with Crippen LogP contribution in [0.5, 0.6) is 0 Å². The first-order valence-electron chi connectivity index (χ1n) is 6.23. The van der Waals surface area contributed by atoms with E-state index in [2.05, 4.69) is 42.1 Å². The average molecular weight is 219 g/mol. The summed E-state index contributed by atoms with van der Waals surface area (Å²) in [6, 6.07) is 2.58. The van der Waals surface area contributed by atoms with E-state index in [9.17, 15) is 0 Å². The molecule has 3 heteroatoms. The van der Waals surface area contributed by atoms with Crippen molar-refractivity contribution in [2.75, 3.05) is 0 Å². The Bertz CT molecular complexity index is 356. The van der Waals surface area contributed by atoms with Gasteiger partial charge in [-0.3, -0.25) is 0 Å². The molecule has 0 bridgehead atoms. The van der Waals surface area contributed by atoms with Crippen molar-refractivity contribution in [1.82, 2.24) is 15.3 Å². The first kappa shape index (κ1) is 11.5. The van der Waals surface area contributed by atoms with E-state index in [-0.39, 0.29) is 0 Å². The SMILES string of the molecule is Cc1cc(CNC(C)C)nc(C2CCC2)n1. The molecule has 0 aromatic carbocycles. The monoisotopic (exact) mass is 219 g/mol. The van der Waals surface area contributed by atoms with Gasteiger partial charge in [-0.25, -0.2) is 9.97 Å². The number of nitrogens with zero attached hydrogens (tertiary/aromatic N) is 2. The fourth-order valence-electron chi connectivity index (χ4n) is 1.91. The highest BCUT2D eigenvalue weighted by molar-refractivity contribution is 5.13. The number of hydrogen-bond acceptors (Lipinski definition) is 3. The van der Waals surface area contributed by atoms with Crippen LogP contribution in [-0.2, 0) is 6.54 Å². The Kier molecular flexibility index (Phi) is 3.54. The van der Waals surface area contributed by atoms with Crippen molar-refractivity contribution >= 4 is 0 Å². The molecular weight excluding hydrogens is 198 g/mol. The lowest BCUT2D eigenvalue weighted by Gasteiger charge is -2.24. The van der Waals surface area contributed by atoms with Crippen molar-refractivity contribution in [1.29, 1.82) is 0 Å². The lowest BCUT2D eigenvalue weighted by Crippen LogP contribution is -2.23. The minimum absolute atomic E-state index is 0.502. The standard InChI is InChI=1S/C13H21N3/c1-9(2)14-8-12-7-10(3)15-13(16-12)11-5-4-6-11/h7,9,11,14H,4-6,8H2,1-3H3. The fraction of sp³-hybridized carbons (Fsp3) is 0.692. The number of rotatable bonds is 4. The Morgan fingerprint density at radius 1 is 1.38 bits per heavy atom. The van der Waals surface area contributed by atoms with E-state index < -0.39 is 0 Å². The van der Waals surface area contributed by atoms with Gasteiger partial charge in [0.05, 0.1) is 5.69 Å². The second kappa shape index (κ2) is 4.91. The number of aromatic nitrogens is 2. The Hall–Kier alpha value is -0.960. The smallest absolute Gasteiger partial charge is 0.131 e. The lowest BCUT2D eigenvalue weighted by molar-refractivity contribution is 0.399. The fourth-order valence-corrected chi connectivity index (χ4v) is 1.91. The summed E-state index contributed by atoms with van der Waals surface area (Å²) in [6.07, 6.45) is 3.86. The number of aryl methyl sites for hydroxylation is 1. The van der Waals surface area contributed by atoms with E-state index in [0.717, 1.165) is 23.8 Å². The van der Waals surface area contributed by atoms with Crippen LogP contribution in [0.15, 0.2) is 6.07 Å². The summed E-state index contributed by atoms with van der Waals surface area (Å²) in [4.78, 5) is 9.20. The van der Waals surface area contributed by atoms with Gasteiger partial charge in [0.2, 0.25) is 0 Å². The van der Waals surface area contributed by atoms with Crippen LogP contribution in [0.2, 0.25) is 0 Å². The summed E-state index contributed by atoms with van der Waals surface area (Å²) >= 11 is 0. The highest BCUT2D eigenvalue weighted by Crippen LogP contribution is 2.34. The van der Waals surface area contributed by atoms with Gasteiger partial charge < -0.3 is 5.32 Å². The molecule has 0 radical (unpaired) electrons. The molecule has 1 saturated carbocycles. The second-order valence-corrected chi connectivity index (χ2v) is 5.02. The summed E-state index contributed by atoms with van der Waals surface area (Å²) < 4.78 is 0. The minimum atomic E-state index is 0.502. The summed E-state index contributed by atoms with van der Waals surface area (Å²) in [5, 5.41) is 3.40. The quantitative estimate of drug-likeness (QED) is 0.845. The zero-order valence-electron chi connectivity index (χ0n) is 10.5. The lowest BCUT2D eigenvalue weighted by atomic mass is 9.85. The number of hydrogen-bond donors (Lipinski definition) is 1. The van der Waals surface area contributed by atoms with Crippen LogP contribution < -0.4 is 5.32 Å². The third-order valence-electron chi connectivity index (χ3n) is 3.09. The van der Waals surface area contributed by atoms with Crippen LogP contribution in [0.25, 0.3) is 0 Å². The van der Waals surface area contributed by atoms with Gasteiger partial charge in [-0.15, -0.1) is 0 Å². The van der Waals surface area contributed by atoms with Crippen LogP contribution in [0.1, 0.15) is 56.2 Å². The molecule has 0 saturated heterocycles. The van der Waals surface area contributed by atoms with Crippen molar-refractivity contribution in [2.45, 2.75) is 58.5 Å². The van der Waals surface area contributed by atoms with Crippen molar-refractivity contribution in [3.05, 3.63) is 23.3 Å². The summed E-state index contributed by atoms with van der Waals surface area (Å²) in [5.41, 5.74) is 2.22. The van der Waals surface area contributed by atoms with Gasteiger partial charge in [0.15, 0.2) is 0 Å². The van der Waals surface area contributed by atoms with Gasteiger partial charge in [-0.05, 0) is 25.8 Å². The molecule has 16 heavy (non-hydrogen) atoms. The van der Waals surface area contributed by atoms with Gasteiger partial charge in [0, 0.05) is 24.2 Å². The topological polar surface area (TPSA) is 37.8 Å².